The molecule has 0 saturated heterocycles. The second kappa shape index (κ2) is 6.90. The summed E-state index contributed by atoms with van der Waals surface area (Å²) in [4.78, 5) is 0. The maximum Gasteiger partial charge on any atom is 0.0625 e. The predicted molar refractivity (Wildman–Crippen MR) is 88.3 cm³/mol. The minimum absolute atomic E-state index is 0.118. The van der Waals surface area contributed by atoms with E-state index in [1.807, 2.05) is 11.7 Å². The molecule has 0 atom stereocenters. The quantitative estimate of drug-likeness (QED) is 0.844. The van der Waals surface area contributed by atoms with E-state index in [4.69, 9.17) is 0 Å². The average Bonchev–Trinajstić information content (AvgIpc) is 2.85. The van der Waals surface area contributed by atoms with Crippen LogP contribution in [0.3, 0.4) is 0 Å². The van der Waals surface area contributed by atoms with Gasteiger partial charge < -0.3 is 5.32 Å². The molecule has 0 amide bonds. The van der Waals surface area contributed by atoms with Crippen LogP contribution in [0.2, 0.25) is 0 Å². The molecule has 0 aliphatic heterocycles. The van der Waals surface area contributed by atoms with Crippen molar-refractivity contribution in [2.45, 2.75) is 52.1 Å². The first kappa shape index (κ1) is 15.8. The summed E-state index contributed by atoms with van der Waals surface area (Å²) in [6, 6.07) is 12.9. The second-order valence-electron chi connectivity index (χ2n) is 6.33. The fourth-order valence-corrected chi connectivity index (χ4v) is 2.43. The van der Waals surface area contributed by atoms with Crippen LogP contribution in [0.15, 0.2) is 36.4 Å². The van der Waals surface area contributed by atoms with Crippen molar-refractivity contribution in [1.29, 1.82) is 0 Å². The van der Waals surface area contributed by atoms with E-state index in [-0.39, 0.29) is 5.54 Å². The Morgan fingerprint density at radius 2 is 1.90 bits per heavy atom. The molecule has 1 heterocycles. The van der Waals surface area contributed by atoms with Crippen molar-refractivity contribution in [1.82, 2.24) is 15.1 Å². The number of benzene rings is 1. The number of aromatic nitrogens is 2. The van der Waals surface area contributed by atoms with Gasteiger partial charge in [0.05, 0.1) is 11.4 Å². The van der Waals surface area contributed by atoms with Gasteiger partial charge in [0.1, 0.15) is 0 Å². The van der Waals surface area contributed by atoms with Gasteiger partial charge in [0, 0.05) is 19.1 Å². The normalized spacial score (nSPS) is 11.8. The van der Waals surface area contributed by atoms with Crippen molar-refractivity contribution in [2.24, 2.45) is 7.05 Å². The number of hydrogen-bond donors (Lipinski definition) is 1. The Balaban J connectivity index is 1.87. The summed E-state index contributed by atoms with van der Waals surface area (Å²) >= 11 is 0. The molecule has 0 aliphatic carbocycles. The van der Waals surface area contributed by atoms with Crippen LogP contribution in [0, 0.1) is 0 Å². The van der Waals surface area contributed by atoms with Gasteiger partial charge >= 0.3 is 0 Å². The third kappa shape index (κ3) is 4.71. The SMILES string of the molecule is CCc1cc(CNC(C)(C)CCc2ccccc2)n(C)n1. The summed E-state index contributed by atoms with van der Waals surface area (Å²) in [6.07, 6.45) is 3.22. The summed E-state index contributed by atoms with van der Waals surface area (Å²) in [5.74, 6) is 0. The van der Waals surface area contributed by atoms with Crippen LogP contribution in [0.4, 0.5) is 0 Å². The molecule has 0 bridgehead atoms. The molecule has 1 N–H and O–H groups in total. The first-order chi connectivity index (χ1) is 10.00. The average molecular weight is 285 g/mol. The van der Waals surface area contributed by atoms with Gasteiger partial charge in [-0.1, -0.05) is 37.3 Å². The molecular formula is C18H27N3. The molecule has 0 fully saturated rings. The largest absolute Gasteiger partial charge is 0.306 e. The van der Waals surface area contributed by atoms with E-state index in [0.717, 1.165) is 31.5 Å². The standard InChI is InChI=1S/C18H27N3/c1-5-16-13-17(21(4)20-16)14-19-18(2,3)12-11-15-9-7-6-8-10-15/h6-10,13,19H,5,11-12,14H2,1-4H3. The monoisotopic (exact) mass is 285 g/mol. The van der Waals surface area contributed by atoms with E-state index in [1.165, 1.54) is 11.3 Å². The Morgan fingerprint density at radius 1 is 1.19 bits per heavy atom. The lowest BCUT2D eigenvalue weighted by molar-refractivity contribution is 0.355. The van der Waals surface area contributed by atoms with Crippen LogP contribution >= 0.6 is 0 Å². The van der Waals surface area contributed by atoms with E-state index in [1.54, 1.807) is 0 Å². The predicted octanol–water partition coefficient (Wildman–Crippen LogP) is 3.48. The van der Waals surface area contributed by atoms with Gasteiger partial charge in [-0.15, -0.1) is 0 Å². The molecule has 114 valence electrons. The summed E-state index contributed by atoms with van der Waals surface area (Å²) in [5, 5.41) is 8.16. The van der Waals surface area contributed by atoms with Crippen molar-refractivity contribution in [3.63, 3.8) is 0 Å². The molecule has 3 nitrogen and oxygen atoms in total. The Kier molecular flexibility index (Phi) is 5.18. The lowest BCUT2D eigenvalue weighted by atomic mass is 9.95. The molecule has 0 unspecified atom stereocenters. The molecular weight excluding hydrogens is 258 g/mol. The molecule has 0 spiro atoms. The molecule has 0 radical (unpaired) electrons. The zero-order valence-electron chi connectivity index (χ0n) is 13.7. The number of hydrogen-bond acceptors (Lipinski definition) is 2. The van der Waals surface area contributed by atoms with Crippen LogP contribution in [-0.2, 0) is 26.4 Å². The lowest BCUT2D eigenvalue weighted by Crippen LogP contribution is -2.39. The zero-order chi connectivity index (χ0) is 15.3. The van der Waals surface area contributed by atoms with E-state index in [0.29, 0.717) is 0 Å². The first-order valence-corrected chi connectivity index (χ1v) is 7.81. The van der Waals surface area contributed by atoms with Gasteiger partial charge in [0.25, 0.3) is 0 Å². The van der Waals surface area contributed by atoms with Gasteiger partial charge in [-0.3, -0.25) is 4.68 Å². The molecule has 21 heavy (non-hydrogen) atoms. The number of rotatable bonds is 7. The number of nitrogens with one attached hydrogen (secondary N) is 1. The Bertz CT molecular complexity index is 555. The summed E-state index contributed by atoms with van der Waals surface area (Å²) in [6.45, 7) is 7.55. The topological polar surface area (TPSA) is 29.9 Å². The maximum atomic E-state index is 4.50. The lowest BCUT2D eigenvalue weighted by Gasteiger charge is -2.26. The molecule has 2 aromatic rings. The smallest absolute Gasteiger partial charge is 0.0625 e. The van der Waals surface area contributed by atoms with Crippen molar-refractivity contribution in [2.75, 3.05) is 0 Å². The fraction of sp³-hybridized carbons (Fsp3) is 0.500. The van der Waals surface area contributed by atoms with Crippen LogP contribution < -0.4 is 5.32 Å². The van der Waals surface area contributed by atoms with Gasteiger partial charge in [0.15, 0.2) is 0 Å². The summed E-state index contributed by atoms with van der Waals surface area (Å²) in [5.41, 5.74) is 3.93. The Morgan fingerprint density at radius 3 is 2.52 bits per heavy atom. The molecule has 0 saturated carbocycles. The van der Waals surface area contributed by atoms with Crippen LogP contribution in [0.1, 0.15) is 44.1 Å². The highest BCUT2D eigenvalue weighted by molar-refractivity contribution is 5.15. The summed E-state index contributed by atoms with van der Waals surface area (Å²) in [7, 11) is 2.02. The first-order valence-electron chi connectivity index (χ1n) is 7.81. The van der Waals surface area contributed by atoms with E-state index < -0.39 is 0 Å². The third-order valence-electron chi connectivity index (χ3n) is 4.02. The highest BCUT2D eigenvalue weighted by Gasteiger charge is 2.17. The van der Waals surface area contributed by atoms with Crippen molar-refractivity contribution in [3.05, 3.63) is 53.3 Å². The highest BCUT2D eigenvalue weighted by atomic mass is 15.3. The molecule has 3 heteroatoms. The molecule has 1 aromatic heterocycles. The summed E-state index contributed by atoms with van der Waals surface area (Å²) < 4.78 is 1.99. The van der Waals surface area contributed by atoms with Crippen LogP contribution in [0.5, 0.6) is 0 Å². The molecule has 0 aliphatic rings. The number of nitrogens with zero attached hydrogens (tertiary/aromatic N) is 2. The third-order valence-corrected chi connectivity index (χ3v) is 4.02. The van der Waals surface area contributed by atoms with Gasteiger partial charge in [0.2, 0.25) is 0 Å². The number of aryl methyl sites for hydroxylation is 3. The molecule has 1 aromatic carbocycles. The van der Waals surface area contributed by atoms with E-state index >= 15 is 0 Å². The van der Waals surface area contributed by atoms with Gasteiger partial charge in [-0.25, -0.2) is 0 Å². The Labute approximate surface area is 128 Å². The van der Waals surface area contributed by atoms with Gasteiger partial charge in [-0.2, -0.15) is 5.10 Å². The maximum absolute atomic E-state index is 4.50. The van der Waals surface area contributed by atoms with Crippen LogP contribution in [0.25, 0.3) is 0 Å². The van der Waals surface area contributed by atoms with E-state index in [2.05, 4.69) is 67.6 Å². The molecule has 2 rings (SSSR count). The minimum atomic E-state index is 0.118. The van der Waals surface area contributed by atoms with Crippen molar-refractivity contribution >= 4 is 0 Å². The van der Waals surface area contributed by atoms with Gasteiger partial charge in [-0.05, 0) is 44.7 Å². The second-order valence-corrected chi connectivity index (χ2v) is 6.33. The zero-order valence-corrected chi connectivity index (χ0v) is 13.7. The minimum Gasteiger partial charge on any atom is -0.306 e. The van der Waals surface area contributed by atoms with Crippen molar-refractivity contribution < 1.29 is 0 Å². The van der Waals surface area contributed by atoms with Crippen LogP contribution in [-0.4, -0.2) is 15.3 Å². The Hall–Kier alpha value is -1.61. The fourth-order valence-electron chi connectivity index (χ4n) is 2.43. The highest BCUT2D eigenvalue weighted by Crippen LogP contribution is 2.15. The van der Waals surface area contributed by atoms with E-state index in [9.17, 15) is 0 Å². The van der Waals surface area contributed by atoms with Crippen molar-refractivity contribution in [3.8, 4) is 0 Å².